The van der Waals surface area contributed by atoms with Gasteiger partial charge in [0.2, 0.25) is 0 Å². The van der Waals surface area contributed by atoms with Crippen LogP contribution in [0.3, 0.4) is 0 Å². The highest BCUT2D eigenvalue weighted by Gasteiger charge is 2.24. The molecule has 1 aromatic carbocycles. The number of carbonyl (C=O) groups is 1. The van der Waals surface area contributed by atoms with Gasteiger partial charge in [0, 0.05) is 25.2 Å². The van der Waals surface area contributed by atoms with E-state index in [0.29, 0.717) is 16.7 Å². The zero-order valence-corrected chi connectivity index (χ0v) is 15.1. The minimum Gasteiger partial charge on any atom is -0.410 e. The molecule has 1 aliphatic rings. The van der Waals surface area contributed by atoms with E-state index in [1.54, 1.807) is 29.2 Å². The summed E-state index contributed by atoms with van der Waals surface area (Å²) in [4.78, 5) is 16.1. The summed E-state index contributed by atoms with van der Waals surface area (Å²) in [5, 5.41) is 0.632. The molecule has 128 valence electrons. The van der Waals surface area contributed by atoms with Crippen LogP contribution in [-0.4, -0.2) is 50.1 Å². The molecule has 0 radical (unpaired) electrons. The first-order chi connectivity index (χ1) is 10.9. The average molecular weight is 339 g/mol. The molecule has 2 rings (SSSR count). The van der Waals surface area contributed by atoms with Crippen LogP contribution in [0.5, 0.6) is 5.75 Å². The minimum absolute atomic E-state index is 0.303. The Hall–Kier alpha value is -1.26. The number of halogens is 1. The van der Waals surface area contributed by atoms with Crippen molar-refractivity contribution in [3.05, 3.63) is 29.3 Å². The van der Waals surface area contributed by atoms with E-state index in [4.69, 9.17) is 16.3 Å². The van der Waals surface area contributed by atoms with Crippen LogP contribution < -0.4 is 4.74 Å². The van der Waals surface area contributed by atoms with E-state index in [-0.39, 0.29) is 6.09 Å². The first-order valence-corrected chi connectivity index (χ1v) is 8.65. The minimum atomic E-state index is -0.303. The zero-order chi connectivity index (χ0) is 16.8. The number of nitrogens with zero attached hydrogens (tertiary/aromatic N) is 2. The number of amides is 1. The van der Waals surface area contributed by atoms with Crippen molar-refractivity contribution in [3.8, 4) is 5.75 Å². The molecule has 1 amide bonds. The Morgan fingerprint density at radius 2 is 1.57 bits per heavy atom. The second kappa shape index (κ2) is 8.55. The second-order valence-electron chi connectivity index (χ2n) is 6.85. The molecule has 0 saturated heterocycles. The second-order valence-corrected chi connectivity index (χ2v) is 7.29. The molecule has 0 N–H and O–H groups in total. The van der Waals surface area contributed by atoms with Crippen LogP contribution >= 0.6 is 11.6 Å². The lowest BCUT2D eigenvalue weighted by molar-refractivity contribution is 0.142. The van der Waals surface area contributed by atoms with Gasteiger partial charge in [0.1, 0.15) is 5.75 Å². The predicted molar refractivity (Wildman–Crippen MR) is 94.1 cm³/mol. The lowest BCUT2D eigenvalue weighted by Crippen LogP contribution is -2.36. The maximum absolute atomic E-state index is 12.1. The van der Waals surface area contributed by atoms with Crippen molar-refractivity contribution in [1.82, 2.24) is 9.80 Å². The van der Waals surface area contributed by atoms with Gasteiger partial charge in [-0.1, -0.05) is 11.6 Å². The average Bonchev–Trinajstić information content (AvgIpc) is 2.51. The largest absolute Gasteiger partial charge is 0.414 e. The number of hydrogen-bond acceptors (Lipinski definition) is 3. The van der Waals surface area contributed by atoms with Crippen molar-refractivity contribution in [1.29, 1.82) is 0 Å². The van der Waals surface area contributed by atoms with Crippen LogP contribution in [-0.2, 0) is 0 Å². The molecule has 0 spiro atoms. The fourth-order valence-electron chi connectivity index (χ4n) is 3.26. The molecule has 1 aliphatic carbocycles. The molecule has 0 atom stereocenters. The molecule has 0 unspecified atom stereocenters. The summed E-state index contributed by atoms with van der Waals surface area (Å²) in [6.07, 6.45) is 4.59. The molecule has 1 aromatic rings. The van der Waals surface area contributed by atoms with Crippen LogP contribution in [0.15, 0.2) is 24.3 Å². The van der Waals surface area contributed by atoms with Crippen molar-refractivity contribution < 1.29 is 9.53 Å². The molecule has 0 aromatic heterocycles. The summed E-state index contributed by atoms with van der Waals surface area (Å²) >= 11 is 5.83. The summed E-state index contributed by atoms with van der Waals surface area (Å²) in [6, 6.07) is 6.85. The molecule has 4 nitrogen and oxygen atoms in total. The Labute approximate surface area is 144 Å². The predicted octanol–water partition coefficient (Wildman–Crippen LogP) is 4.14. The Kier molecular flexibility index (Phi) is 6.72. The van der Waals surface area contributed by atoms with Crippen LogP contribution in [0, 0.1) is 11.8 Å². The first kappa shape index (κ1) is 18.1. The van der Waals surface area contributed by atoms with E-state index in [9.17, 15) is 4.79 Å². The number of hydrogen-bond donors (Lipinski definition) is 0. The van der Waals surface area contributed by atoms with Crippen LogP contribution in [0.2, 0.25) is 5.02 Å². The standard InChI is InChI=1S/C18H27ClN2O2/c1-20(2)12-14-4-6-15(7-5-14)13-21(3)18(22)23-17-10-8-16(19)9-11-17/h8-11,14-15H,4-7,12-13H2,1-3H3. The SMILES string of the molecule is CN(C)CC1CCC(CN(C)C(=O)Oc2ccc(Cl)cc2)CC1. The number of rotatable bonds is 5. The van der Waals surface area contributed by atoms with Gasteiger partial charge >= 0.3 is 6.09 Å². The number of ether oxygens (including phenoxy) is 1. The Morgan fingerprint density at radius 3 is 2.09 bits per heavy atom. The summed E-state index contributed by atoms with van der Waals surface area (Å²) in [5.74, 6) is 1.91. The van der Waals surface area contributed by atoms with Gasteiger partial charge in [-0.15, -0.1) is 0 Å². The third-order valence-electron chi connectivity index (χ3n) is 4.45. The molecule has 0 heterocycles. The third kappa shape index (κ3) is 6.04. The maximum Gasteiger partial charge on any atom is 0.414 e. The van der Waals surface area contributed by atoms with Gasteiger partial charge in [0.25, 0.3) is 0 Å². The number of carbonyl (C=O) groups excluding carboxylic acids is 1. The summed E-state index contributed by atoms with van der Waals surface area (Å²) in [7, 11) is 6.07. The van der Waals surface area contributed by atoms with Crippen molar-refractivity contribution in [2.45, 2.75) is 25.7 Å². The number of benzene rings is 1. The molecule has 1 fully saturated rings. The van der Waals surface area contributed by atoms with Gasteiger partial charge in [-0.25, -0.2) is 4.79 Å². The van der Waals surface area contributed by atoms with Crippen LogP contribution in [0.25, 0.3) is 0 Å². The van der Waals surface area contributed by atoms with Crippen molar-refractivity contribution >= 4 is 17.7 Å². The monoisotopic (exact) mass is 338 g/mol. The Bertz CT molecular complexity index is 496. The van der Waals surface area contributed by atoms with Crippen LogP contribution in [0.1, 0.15) is 25.7 Å². The lowest BCUT2D eigenvalue weighted by atomic mass is 9.81. The molecular weight excluding hydrogens is 312 g/mol. The fraction of sp³-hybridized carbons (Fsp3) is 0.611. The molecule has 5 heteroatoms. The van der Waals surface area contributed by atoms with Crippen LogP contribution in [0.4, 0.5) is 4.79 Å². The topological polar surface area (TPSA) is 32.8 Å². The van der Waals surface area contributed by atoms with Gasteiger partial charge in [0.15, 0.2) is 0 Å². The van der Waals surface area contributed by atoms with E-state index >= 15 is 0 Å². The quantitative estimate of drug-likeness (QED) is 0.809. The zero-order valence-electron chi connectivity index (χ0n) is 14.3. The summed E-state index contributed by atoms with van der Waals surface area (Å²) < 4.78 is 5.37. The van der Waals surface area contributed by atoms with Crippen molar-refractivity contribution in [2.75, 3.05) is 34.2 Å². The van der Waals surface area contributed by atoms with E-state index in [2.05, 4.69) is 19.0 Å². The maximum atomic E-state index is 12.1. The lowest BCUT2D eigenvalue weighted by Gasteiger charge is -2.32. The van der Waals surface area contributed by atoms with Gasteiger partial charge < -0.3 is 14.5 Å². The normalized spacial score (nSPS) is 21.3. The third-order valence-corrected chi connectivity index (χ3v) is 4.70. The van der Waals surface area contributed by atoms with Gasteiger partial charge in [-0.3, -0.25) is 0 Å². The highest BCUT2D eigenvalue weighted by Crippen LogP contribution is 2.29. The van der Waals surface area contributed by atoms with E-state index in [1.807, 2.05) is 7.05 Å². The molecule has 0 aliphatic heterocycles. The Balaban J connectivity index is 1.75. The summed E-state index contributed by atoms with van der Waals surface area (Å²) in [6.45, 7) is 1.93. The van der Waals surface area contributed by atoms with Crippen molar-refractivity contribution in [2.24, 2.45) is 11.8 Å². The van der Waals surface area contributed by atoms with Crippen molar-refractivity contribution in [3.63, 3.8) is 0 Å². The Morgan fingerprint density at radius 1 is 1.04 bits per heavy atom. The van der Waals surface area contributed by atoms with E-state index in [1.165, 1.54) is 32.2 Å². The highest BCUT2D eigenvalue weighted by molar-refractivity contribution is 6.30. The molecule has 1 saturated carbocycles. The molecule has 0 bridgehead atoms. The highest BCUT2D eigenvalue weighted by atomic mass is 35.5. The fourth-order valence-corrected chi connectivity index (χ4v) is 3.38. The molecular formula is C18H27ClN2O2. The summed E-state index contributed by atoms with van der Waals surface area (Å²) in [5.41, 5.74) is 0. The molecule has 23 heavy (non-hydrogen) atoms. The smallest absolute Gasteiger partial charge is 0.410 e. The van der Waals surface area contributed by atoms with Gasteiger partial charge in [-0.05, 0) is 75.9 Å². The van der Waals surface area contributed by atoms with E-state index in [0.717, 1.165) is 12.5 Å². The van der Waals surface area contributed by atoms with Gasteiger partial charge in [-0.2, -0.15) is 0 Å². The van der Waals surface area contributed by atoms with Gasteiger partial charge in [0.05, 0.1) is 0 Å². The van der Waals surface area contributed by atoms with E-state index < -0.39 is 0 Å². The first-order valence-electron chi connectivity index (χ1n) is 8.27.